The molecule has 1 aromatic rings. The second kappa shape index (κ2) is 7.67. The molecule has 0 heterocycles. The maximum absolute atomic E-state index is 14.6. The smallest absolute Gasteiger partial charge is 0.464 e. The van der Waals surface area contributed by atoms with Crippen molar-refractivity contribution in [1.82, 2.24) is 0 Å². The molecule has 0 radical (unpaired) electrons. The minimum Gasteiger partial charge on any atom is -0.507 e. The highest BCUT2D eigenvalue weighted by atomic mass is 32.3. The molecule has 0 bridgehead atoms. The van der Waals surface area contributed by atoms with Gasteiger partial charge in [0, 0.05) is 16.7 Å². The number of ether oxygens (including phenoxy) is 1. The van der Waals surface area contributed by atoms with Gasteiger partial charge in [0.25, 0.3) is 0 Å². The molecule has 1 N–H and O–H groups in total. The van der Waals surface area contributed by atoms with Gasteiger partial charge in [0.1, 0.15) is 5.75 Å². The van der Waals surface area contributed by atoms with Gasteiger partial charge < -0.3 is 5.11 Å². The van der Waals surface area contributed by atoms with Crippen molar-refractivity contribution < 1.29 is 57.3 Å². The first-order valence-electron chi connectivity index (χ1n) is 8.74. The second-order valence-corrected chi connectivity index (χ2v) is 10.5. The van der Waals surface area contributed by atoms with Gasteiger partial charge in [-0.05, 0) is 23.0 Å². The summed E-state index contributed by atoms with van der Waals surface area (Å²) in [6.07, 6.45) is -13.3. The molecule has 0 aliphatic carbocycles. The molecule has 1 aromatic carbocycles. The van der Waals surface area contributed by atoms with Crippen LogP contribution in [-0.2, 0) is 31.7 Å². The van der Waals surface area contributed by atoms with E-state index >= 15 is 0 Å². The molecule has 0 unspecified atom stereocenters. The topological polar surface area (TPSA) is 63.6 Å². The highest BCUT2D eigenvalue weighted by molar-refractivity contribution is 7.87. The maximum Gasteiger partial charge on any atom is 0.464 e. The molecule has 0 saturated carbocycles. The molecular formula is C18H21F9O4S. The van der Waals surface area contributed by atoms with E-state index in [1.165, 1.54) is 41.5 Å². The van der Waals surface area contributed by atoms with E-state index in [1.807, 2.05) is 0 Å². The lowest BCUT2D eigenvalue weighted by Crippen LogP contribution is -2.54. The van der Waals surface area contributed by atoms with Crippen molar-refractivity contribution in [1.29, 1.82) is 0 Å². The summed E-state index contributed by atoms with van der Waals surface area (Å²) >= 11 is 0. The van der Waals surface area contributed by atoms with Gasteiger partial charge in [0.05, 0.1) is 0 Å². The zero-order valence-electron chi connectivity index (χ0n) is 17.6. The Bertz CT molecular complexity index is 940. The van der Waals surface area contributed by atoms with Gasteiger partial charge >= 0.3 is 33.6 Å². The summed E-state index contributed by atoms with van der Waals surface area (Å²) in [6.45, 7) is 8.45. The molecule has 0 aliphatic heterocycles. The summed E-state index contributed by atoms with van der Waals surface area (Å²) in [7, 11) is -7.52. The van der Waals surface area contributed by atoms with Crippen molar-refractivity contribution in [3.05, 3.63) is 28.8 Å². The quantitative estimate of drug-likeness (QED) is 0.372. The first-order valence-corrected chi connectivity index (χ1v) is 10.1. The van der Waals surface area contributed by atoms with Gasteiger partial charge in [-0.1, -0.05) is 45.4 Å². The van der Waals surface area contributed by atoms with Crippen LogP contribution in [0.25, 0.3) is 0 Å². The molecule has 0 aliphatic rings. The van der Waals surface area contributed by atoms with Gasteiger partial charge in [-0.3, -0.25) is 0 Å². The molecule has 0 fully saturated rings. The lowest BCUT2D eigenvalue weighted by atomic mass is 9.77. The van der Waals surface area contributed by atoms with Crippen LogP contribution in [0.4, 0.5) is 39.0 Å². The molecule has 0 amide bonds. The minimum absolute atomic E-state index is 0.307. The van der Waals surface area contributed by atoms with Crippen LogP contribution in [0.3, 0.4) is 0 Å². The molecule has 0 spiro atoms. The summed E-state index contributed by atoms with van der Waals surface area (Å²) in [4.78, 5) is 0. The number of hydrogen-bond acceptors (Lipinski definition) is 4. The van der Waals surface area contributed by atoms with Crippen molar-refractivity contribution in [2.24, 2.45) is 0 Å². The average Bonchev–Trinajstić information content (AvgIpc) is 2.49. The van der Waals surface area contributed by atoms with Gasteiger partial charge in [-0.25, -0.2) is 4.74 Å². The van der Waals surface area contributed by atoms with Gasteiger partial charge in [-0.15, -0.1) is 0 Å². The Kier molecular flexibility index (Phi) is 6.79. The predicted octanol–water partition coefficient (Wildman–Crippen LogP) is 6.17. The van der Waals surface area contributed by atoms with Crippen LogP contribution >= 0.6 is 0 Å². The summed E-state index contributed by atoms with van der Waals surface area (Å²) < 4.78 is 146. The van der Waals surface area contributed by atoms with E-state index in [9.17, 15) is 52.5 Å². The van der Waals surface area contributed by atoms with E-state index in [-0.39, 0.29) is 11.1 Å². The molecule has 4 nitrogen and oxygen atoms in total. The van der Waals surface area contributed by atoms with Crippen LogP contribution < -0.4 is 0 Å². The largest absolute Gasteiger partial charge is 0.507 e. The highest BCUT2D eigenvalue weighted by Gasteiger charge is 2.74. The monoisotopic (exact) mass is 504 g/mol. The summed E-state index contributed by atoms with van der Waals surface area (Å²) in [5.74, 6) is -6.30. The summed E-state index contributed by atoms with van der Waals surface area (Å²) in [5.41, 5.74) is -4.58. The number of phenolic OH excluding ortho intramolecular Hbond substituents is 1. The Morgan fingerprint density at radius 2 is 1.09 bits per heavy atom. The lowest BCUT2D eigenvalue weighted by molar-refractivity contribution is -0.459. The molecule has 32 heavy (non-hydrogen) atoms. The zero-order valence-corrected chi connectivity index (χ0v) is 18.5. The van der Waals surface area contributed by atoms with Crippen LogP contribution in [-0.4, -0.2) is 31.0 Å². The highest BCUT2D eigenvalue weighted by Crippen LogP contribution is 2.52. The number of rotatable bonds is 6. The van der Waals surface area contributed by atoms with Crippen LogP contribution in [0.1, 0.15) is 58.2 Å². The number of alkyl halides is 8. The SMILES string of the molecule is CC(C)(C)c1cc(C(F)(F)C(F)(F)OC(F)(F)C(F)(F)S(=O)(=O)F)cc(C(C)(C)C)c1O. The first-order chi connectivity index (χ1) is 13.7. The van der Waals surface area contributed by atoms with Gasteiger partial charge in [-0.2, -0.15) is 43.5 Å². The van der Waals surface area contributed by atoms with E-state index < -0.39 is 55.8 Å². The Hall–Kier alpha value is -1.70. The second-order valence-electron chi connectivity index (χ2n) is 9.08. The number of halogens is 9. The van der Waals surface area contributed by atoms with E-state index in [0.717, 1.165) is 0 Å². The molecule has 186 valence electrons. The lowest BCUT2D eigenvalue weighted by Gasteiger charge is -2.33. The first kappa shape index (κ1) is 28.3. The van der Waals surface area contributed by atoms with Crippen molar-refractivity contribution >= 4 is 10.2 Å². The van der Waals surface area contributed by atoms with Gasteiger partial charge in [0.15, 0.2) is 0 Å². The standard InChI is InChI=1S/C18H21F9O4S/c1-13(2,3)10-7-9(8-11(12(10)28)14(4,5)6)15(19,20)16(21,22)31-17(23,24)18(25,26)32(27,29)30/h7-8,28H,1-6H3. The summed E-state index contributed by atoms with van der Waals surface area (Å²) in [6, 6.07) is 0.702. The fourth-order valence-corrected chi connectivity index (χ4v) is 2.88. The molecule has 0 atom stereocenters. The number of benzene rings is 1. The van der Waals surface area contributed by atoms with Crippen LogP contribution in [0, 0.1) is 0 Å². The van der Waals surface area contributed by atoms with E-state index in [0.29, 0.717) is 12.1 Å². The van der Waals surface area contributed by atoms with Crippen LogP contribution in [0.5, 0.6) is 5.75 Å². The van der Waals surface area contributed by atoms with Gasteiger partial charge in [0.2, 0.25) is 0 Å². The third-order valence-electron chi connectivity index (χ3n) is 4.36. The fourth-order valence-electron chi connectivity index (χ4n) is 2.55. The fraction of sp³-hybridized carbons (Fsp3) is 0.667. The summed E-state index contributed by atoms with van der Waals surface area (Å²) in [5, 5.41) is 3.56. The number of hydrogen-bond donors (Lipinski definition) is 1. The third kappa shape index (κ3) is 4.95. The molecular weight excluding hydrogens is 483 g/mol. The van der Waals surface area contributed by atoms with Crippen molar-refractivity contribution in [3.8, 4) is 5.75 Å². The average molecular weight is 504 g/mol. The van der Waals surface area contributed by atoms with Crippen LogP contribution in [0.15, 0.2) is 12.1 Å². The number of phenols is 1. The molecule has 0 aromatic heterocycles. The van der Waals surface area contributed by atoms with Crippen molar-refractivity contribution in [2.75, 3.05) is 0 Å². The molecule has 1 rings (SSSR count). The Morgan fingerprint density at radius 3 is 1.38 bits per heavy atom. The van der Waals surface area contributed by atoms with E-state index in [4.69, 9.17) is 0 Å². The normalized spacial score (nSPS) is 15.2. The number of aromatic hydroxyl groups is 1. The molecule has 14 heteroatoms. The third-order valence-corrected chi connectivity index (χ3v) is 5.21. The minimum atomic E-state index is -7.52. The van der Waals surface area contributed by atoms with Crippen LogP contribution in [0.2, 0.25) is 0 Å². The Morgan fingerprint density at radius 1 is 0.750 bits per heavy atom. The maximum atomic E-state index is 14.6. The van der Waals surface area contributed by atoms with Crippen molar-refractivity contribution in [2.45, 2.75) is 75.8 Å². The molecule has 0 saturated heterocycles. The van der Waals surface area contributed by atoms with Crippen molar-refractivity contribution in [3.63, 3.8) is 0 Å². The zero-order chi connectivity index (χ0) is 25.9. The Balaban J connectivity index is 3.74. The van der Waals surface area contributed by atoms with E-state index in [1.54, 1.807) is 0 Å². The Labute approximate surface area is 178 Å². The predicted molar refractivity (Wildman–Crippen MR) is 95.4 cm³/mol. The van der Waals surface area contributed by atoms with E-state index in [2.05, 4.69) is 4.74 Å².